The number of carbonyl (C=O) groups is 1. The first kappa shape index (κ1) is 16.7. The molecule has 0 saturated heterocycles. The molecule has 1 aliphatic carbocycles. The molecular formula is C20H22FNO2. The molecule has 0 radical (unpaired) electrons. The fourth-order valence-corrected chi connectivity index (χ4v) is 3.35. The molecule has 1 N–H and O–H groups in total. The van der Waals surface area contributed by atoms with Crippen LogP contribution in [-0.2, 0) is 21.7 Å². The second-order valence-corrected chi connectivity index (χ2v) is 6.30. The number of ether oxygens (including phenoxy) is 1. The van der Waals surface area contributed by atoms with Gasteiger partial charge in [-0.2, -0.15) is 0 Å². The van der Waals surface area contributed by atoms with Gasteiger partial charge < -0.3 is 4.74 Å². The van der Waals surface area contributed by atoms with E-state index in [9.17, 15) is 9.18 Å². The molecule has 1 aliphatic rings. The Morgan fingerprint density at radius 3 is 2.38 bits per heavy atom. The van der Waals surface area contributed by atoms with E-state index in [0.717, 1.165) is 36.8 Å². The highest BCUT2D eigenvalue weighted by atomic mass is 19.1. The molecule has 4 heteroatoms. The standard InChI is InChI=1S/C20H22FNO2/c21-18-10-8-17(9-11-18)20(12-4-5-13-20)22-14-19(23)24-15-16-6-2-1-3-7-16/h1-3,6-11,22H,4-5,12-15H2. The second-order valence-electron chi connectivity index (χ2n) is 6.30. The maximum absolute atomic E-state index is 13.2. The third-order valence-electron chi connectivity index (χ3n) is 4.67. The van der Waals surface area contributed by atoms with E-state index >= 15 is 0 Å². The van der Waals surface area contributed by atoms with Crippen LogP contribution >= 0.6 is 0 Å². The molecule has 0 aromatic heterocycles. The Kier molecular flexibility index (Phi) is 5.26. The van der Waals surface area contributed by atoms with E-state index in [1.807, 2.05) is 42.5 Å². The Bertz CT molecular complexity index is 664. The lowest BCUT2D eigenvalue weighted by Crippen LogP contribution is -2.43. The van der Waals surface area contributed by atoms with E-state index in [1.165, 1.54) is 12.1 Å². The number of esters is 1. The summed E-state index contributed by atoms with van der Waals surface area (Å²) in [6, 6.07) is 16.2. The second kappa shape index (κ2) is 7.58. The van der Waals surface area contributed by atoms with Crippen molar-refractivity contribution in [2.75, 3.05) is 6.54 Å². The van der Waals surface area contributed by atoms with Crippen molar-refractivity contribution >= 4 is 5.97 Å². The smallest absolute Gasteiger partial charge is 0.320 e. The molecule has 1 saturated carbocycles. The number of rotatable bonds is 6. The van der Waals surface area contributed by atoms with Gasteiger partial charge >= 0.3 is 5.97 Å². The Morgan fingerprint density at radius 1 is 1.04 bits per heavy atom. The van der Waals surface area contributed by atoms with Gasteiger partial charge in [0.15, 0.2) is 0 Å². The van der Waals surface area contributed by atoms with Crippen molar-refractivity contribution in [2.45, 2.75) is 37.8 Å². The number of halogens is 1. The van der Waals surface area contributed by atoms with Crippen LogP contribution in [-0.4, -0.2) is 12.5 Å². The normalized spacial score (nSPS) is 16.0. The number of hydrogen-bond acceptors (Lipinski definition) is 3. The zero-order chi connectivity index (χ0) is 16.8. The van der Waals surface area contributed by atoms with Crippen LogP contribution in [0.3, 0.4) is 0 Å². The van der Waals surface area contributed by atoms with Crippen molar-refractivity contribution in [3.8, 4) is 0 Å². The van der Waals surface area contributed by atoms with Gasteiger partial charge in [0, 0.05) is 5.54 Å². The summed E-state index contributed by atoms with van der Waals surface area (Å²) in [7, 11) is 0. The molecule has 3 nitrogen and oxygen atoms in total. The van der Waals surface area contributed by atoms with Crippen molar-refractivity contribution in [1.29, 1.82) is 0 Å². The van der Waals surface area contributed by atoms with Crippen molar-refractivity contribution in [3.05, 3.63) is 71.5 Å². The topological polar surface area (TPSA) is 38.3 Å². The van der Waals surface area contributed by atoms with Crippen LogP contribution in [0.4, 0.5) is 4.39 Å². The van der Waals surface area contributed by atoms with Gasteiger partial charge in [0.2, 0.25) is 0 Å². The van der Waals surface area contributed by atoms with Crippen LogP contribution in [0, 0.1) is 5.82 Å². The molecule has 0 aliphatic heterocycles. The molecule has 2 aromatic rings. The highest BCUT2D eigenvalue weighted by Crippen LogP contribution is 2.38. The summed E-state index contributed by atoms with van der Waals surface area (Å²) in [5.74, 6) is -0.513. The lowest BCUT2D eigenvalue weighted by Gasteiger charge is -2.31. The fourth-order valence-electron chi connectivity index (χ4n) is 3.35. The average molecular weight is 327 g/mol. The molecule has 0 heterocycles. The van der Waals surface area contributed by atoms with Crippen molar-refractivity contribution in [3.63, 3.8) is 0 Å². The van der Waals surface area contributed by atoms with Crippen LogP contribution in [0.15, 0.2) is 54.6 Å². The van der Waals surface area contributed by atoms with Crippen molar-refractivity contribution < 1.29 is 13.9 Å². The SMILES string of the molecule is O=C(CNC1(c2ccc(F)cc2)CCCC1)OCc1ccccc1. The minimum absolute atomic E-state index is 0.157. The number of hydrogen-bond donors (Lipinski definition) is 1. The van der Waals surface area contributed by atoms with E-state index in [2.05, 4.69) is 5.32 Å². The van der Waals surface area contributed by atoms with Gasteiger partial charge in [0.1, 0.15) is 12.4 Å². The third-order valence-corrected chi connectivity index (χ3v) is 4.67. The van der Waals surface area contributed by atoms with Gasteiger partial charge in [-0.15, -0.1) is 0 Å². The molecular weight excluding hydrogens is 305 g/mol. The van der Waals surface area contributed by atoms with E-state index < -0.39 is 0 Å². The van der Waals surface area contributed by atoms with Gasteiger partial charge in [-0.3, -0.25) is 10.1 Å². The van der Waals surface area contributed by atoms with Crippen LogP contribution in [0.2, 0.25) is 0 Å². The molecule has 0 amide bonds. The highest BCUT2D eigenvalue weighted by Gasteiger charge is 2.35. The zero-order valence-electron chi connectivity index (χ0n) is 13.6. The van der Waals surface area contributed by atoms with Crippen LogP contribution < -0.4 is 5.32 Å². The average Bonchev–Trinajstić information content (AvgIpc) is 3.10. The van der Waals surface area contributed by atoms with E-state index in [1.54, 1.807) is 0 Å². The monoisotopic (exact) mass is 327 g/mol. The van der Waals surface area contributed by atoms with Crippen LogP contribution in [0.1, 0.15) is 36.8 Å². The van der Waals surface area contributed by atoms with Crippen LogP contribution in [0.25, 0.3) is 0 Å². The maximum atomic E-state index is 13.2. The first-order chi connectivity index (χ1) is 11.7. The quantitative estimate of drug-likeness (QED) is 0.817. The number of carbonyl (C=O) groups excluding carboxylic acids is 1. The van der Waals surface area contributed by atoms with Gasteiger partial charge in [0.05, 0.1) is 6.54 Å². The highest BCUT2D eigenvalue weighted by molar-refractivity contribution is 5.71. The Morgan fingerprint density at radius 2 is 1.71 bits per heavy atom. The first-order valence-corrected chi connectivity index (χ1v) is 8.39. The lowest BCUT2D eigenvalue weighted by atomic mass is 9.88. The summed E-state index contributed by atoms with van der Waals surface area (Å²) in [6.45, 7) is 0.440. The molecule has 0 bridgehead atoms. The summed E-state index contributed by atoms with van der Waals surface area (Å²) >= 11 is 0. The third kappa shape index (κ3) is 4.01. The number of benzene rings is 2. The van der Waals surface area contributed by atoms with E-state index in [0.29, 0.717) is 0 Å². The predicted octanol–water partition coefficient (Wildman–Crippen LogP) is 3.93. The molecule has 24 heavy (non-hydrogen) atoms. The minimum atomic E-state index is -0.271. The zero-order valence-corrected chi connectivity index (χ0v) is 13.6. The summed E-state index contributed by atoms with van der Waals surface area (Å²) in [6.07, 6.45) is 4.10. The number of nitrogens with one attached hydrogen (secondary N) is 1. The van der Waals surface area contributed by atoms with E-state index in [-0.39, 0.29) is 30.5 Å². The first-order valence-electron chi connectivity index (χ1n) is 8.39. The maximum Gasteiger partial charge on any atom is 0.320 e. The summed E-state index contributed by atoms with van der Waals surface area (Å²) < 4.78 is 18.5. The van der Waals surface area contributed by atoms with Crippen molar-refractivity contribution in [1.82, 2.24) is 5.32 Å². The Hall–Kier alpha value is -2.20. The van der Waals surface area contributed by atoms with Crippen LogP contribution in [0.5, 0.6) is 0 Å². The molecule has 3 rings (SSSR count). The largest absolute Gasteiger partial charge is 0.460 e. The molecule has 126 valence electrons. The fraction of sp³-hybridized carbons (Fsp3) is 0.350. The van der Waals surface area contributed by atoms with E-state index in [4.69, 9.17) is 4.74 Å². The Labute approximate surface area is 141 Å². The van der Waals surface area contributed by atoms with Crippen molar-refractivity contribution in [2.24, 2.45) is 0 Å². The molecule has 1 fully saturated rings. The lowest BCUT2D eigenvalue weighted by molar-refractivity contribution is -0.144. The molecule has 0 spiro atoms. The molecule has 0 unspecified atom stereocenters. The molecule has 2 aromatic carbocycles. The summed E-state index contributed by atoms with van der Waals surface area (Å²) in [5.41, 5.74) is 1.76. The minimum Gasteiger partial charge on any atom is -0.460 e. The van der Waals surface area contributed by atoms with Gasteiger partial charge in [-0.25, -0.2) is 4.39 Å². The van der Waals surface area contributed by atoms with Gasteiger partial charge in [0.25, 0.3) is 0 Å². The summed E-state index contributed by atoms with van der Waals surface area (Å²) in [4.78, 5) is 12.1. The predicted molar refractivity (Wildman–Crippen MR) is 90.8 cm³/mol. The molecule has 0 atom stereocenters. The van der Waals surface area contributed by atoms with Gasteiger partial charge in [-0.1, -0.05) is 55.3 Å². The Balaban J connectivity index is 1.58. The van der Waals surface area contributed by atoms with Gasteiger partial charge in [-0.05, 0) is 36.1 Å². The summed E-state index contributed by atoms with van der Waals surface area (Å²) in [5, 5.41) is 3.37.